The number of rotatable bonds is 7. The predicted octanol–water partition coefficient (Wildman–Crippen LogP) is 5.30. The van der Waals surface area contributed by atoms with Gasteiger partial charge in [0.1, 0.15) is 29.0 Å². The molecule has 9 nitrogen and oxygen atoms in total. The lowest BCUT2D eigenvalue weighted by atomic mass is 10.0. The van der Waals surface area contributed by atoms with Gasteiger partial charge in [-0.05, 0) is 86.9 Å². The van der Waals surface area contributed by atoms with Crippen LogP contribution in [0.25, 0.3) is 0 Å². The van der Waals surface area contributed by atoms with E-state index in [0.717, 1.165) is 25.9 Å². The van der Waals surface area contributed by atoms with E-state index < -0.39 is 17.5 Å². The van der Waals surface area contributed by atoms with Crippen LogP contribution in [0.15, 0.2) is 60.8 Å². The van der Waals surface area contributed by atoms with E-state index in [4.69, 9.17) is 17.0 Å². The Labute approximate surface area is 248 Å². The average molecular weight is 595 g/mol. The summed E-state index contributed by atoms with van der Waals surface area (Å²) in [6.07, 6.45) is 5.94. The first-order valence-corrected chi connectivity index (χ1v) is 14.3. The van der Waals surface area contributed by atoms with Crippen LogP contribution in [0.1, 0.15) is 31.2 Å². The lowest BCUT2D eigenvalue weighted by Gasteiger charge is -2.36. The number of aromatic nitrogens is 1. The van der Waals surface area contributed by atoms with E-state index in [-0.39, 0.29) is 29.0 Å². The number of carbonyl (C=O) groups excluding carboxylic acids is 2. The molecule has 2 fully saturated rings. The second-order valence-corrected chi connectivity index (χ2v) is 10.7. The number of urea groups is 1. The summed E-state index contributed by atoms with van der Waals surface area (Å²) in [4.78, 5) is 33.6. The van der Waals surface area contributed by atoms with Crippen LogP contribution in [0.3, 0.4) is 0 Å². The summed E-state index contributed by atoms with van der Waals surface area (Å²) in [6, 6.07) is 13.2. The van der Waals surface area contributed by atoms with Gasteiger partial charge < -0.3 is 25.2 Å². The number of ether oxygens (including phenoxy) is 1. The van der Waals surface area contributed by atoms with Crippen molar-refractivity contribution in [1.29, 1.82) is 0 Å². The molecule has 5 rings (SSSR count). The fourth-order valence-electron chi connectivity index (χ4n) is 5.18. The molecule has 0 radical (unpaired) electrons. The fraction of sp³-hybridized carbons (Fsp3) is 0.333. The number of hydrogen-bond acceptors (Lipinski definition) is 6. The van der Waals surface area contributed by atoms with Gasteiger partial charge in [0.25, 0.3) is 0 Å². The summed E-state index contributed by atoms with van der Waals surface area (Å²) in [5.74, 6) is -0.545. The molecule has 42 heavy (non-hydrogen) atoms. The van der Waals surface area contributed by atoms with Gasteiger partial charge in [-0.3, -0.25) is 10.1 Å². The van der Waals surface area contributed by atoms with Gasteiger partial charge in [-0.1, -0.05) is 12.1 Å². The van der Waals surface area contributed by atoms with Crippen LogP contribution < -0.4 is 20.7 Å². The maximum Gasteiger partial charge on any atom is 0.323 e. The molecular formula is C30H32F2N6O3S. The number of nitrogens with zero attached hydrogens (tertiary/aromatic N) is 3. The summed E-state index contributed by atoms with van der Waals surface area (Å²) in [6.45, 7) is 3.71. The van der Waals surface area contributed by atoms with Crippen molar-refractivity contribution in [3.8, 4) is 11.5 Å². The summed E-state index contributed by atoms with van der Waals surface area (Å²) < 4.78 is 33.6. The zero-order valence-corrected chi connectivity index (χ0v) is 23.8. The SMILES string of the molecule is O=C(Cc1ccc(F)cc1)NC(=S)Nc1ccc(Oc2ccnc(NC(=O)N3CCC(N4CCCC4)CC3)c2)cc1F. The number of amides is 3. The van der Waals surface area contributed by atoms with Crippen molar-refractivity contribution in [2.75, 3.05) is 36.8 Å². The van der Waals surface area contributed by atoms with E-state index in [1.165, 1.54) is 61.5 Å². The van der Waals surface area contributed by atoms with E-state index in [2.05, 4.69) is 25.8 Å². The maximum absolute atomic E-state index is 14.8. The van der Waals surface area contributed by atoms with Gasteiger partial charge in [0.05, 0.1) is 12.1 Å². The smallest absolute Gasteiger partial charge is 0.323 e. The second kappa shape index (κ2) is 13.7. The van der Waals surface area contributed by atoms with Gasteiger partial charge in [0.15, 0.2) is 5.11 Å². The molecule has 1 aromatic heterocycles. The minimum Gasteiger partial charge on any atom is -0.457 e. The van der Waals surface area contributed by atoms with Crippen molar-refractivity contribution >= 4 is 40.8 Å². The van der Waals surface area contributed by atoms with E-state index in [0.29, 0.717) is 36.3 Å². The van der Waals surface area contributed by atoms with Crippen molar-refractivity contribution in [2.45, 2.75) is 38.1 Å². The highest BCUT2D eigenvalue weighted by Crippen LogP contribution is 2.27. The summed E-state index contributed by atoms with van der Waals surface area (Å²) in [7, 11) is 0. The zero-order chi connectivity index (χ0) is 29.5. The third kappa shape index (κ3) is 7.98. The first kappa shape index (κ1) is 29.3. The summed E-state index contributed by atoms with van der Waals surface area (Å²) in [5.41, 5.74) is 0.659. The largest absolute Gasteiger partial charge is 0.457 e. The Morgan fingerprint density at radius 2 is 1.64 bits per heavy atom. The Balaban J connectivity index is 1.10. The molecule has 0 bridgehead atoms. The van der Waals surface area contributed by atoms with Crippen LogP contribution in [-0.4, -0.2) is 64.1 Å². The van der Waals surface area contributed by atoms with Crippen molar-refractivity contribution in [3.63, 3.8) is 0 Å². The third-order valence-corrected chi connectivity index (χ3v) is 7.53. The molecule has 3 heterocycles. The summed E-state index contributed by atoms with van der Waals surface area (Å²) in [5, 5.41) is 7.88. The van der Waals surface area contributed by atoms with Crippen LogP contribution in [0.4, 0.5) is 25.1 Å². The minimum absolute atomic E-state index is 0.0109. The number of pyridine rings is 1. The number of hydrogen-bond donors (Lipinski definition) is 3. The lowest BCUT2D eigenvalue weighted by molar-refractivity contribution is -0.119. The molecule has 0 unspecified atom stereocenters. The molecule has 3 aromatic rings. The predicted molar refractivity (Wildman–Crippen MR) is 160 cm³/mol. The molecular weight excluding hydrogens is 562 g/mol. The molecule has 0 aliphatic carbocycles. The first-order valence-electron chi connectivity index (χ1n) is 13.9. The van der Waals surface area contributed by atoms with Crippen molar-refractivity contribution < 1.29 is 23.1 Å². The van der Waals surface area contributed by atoms with Gasteiger partial charge >= 0.3 is 6.03 Å². The lowest BCUT2D eigenvalue weighted by Crippen LogP contribution is -2.47. The number of piperidine rings is 1. The van der Waals surface area contributed by atoms with Gasteiger partial charge in [0.2, 0.25) is 5.91 Å². The highest BCUT2D eigenvalue weighted by atomic mass is 32.1. The molecule has 3 N–H and O–H groups in total. The molecule has 2 aliphatic rings. The van der Waals surface area contributed by atoms with Crippen molar-refractivity contribution in [2.24, 2.45) is 0 Å². The van der Waals surface area contributed by atoms with E-state index >= 15 is 0 Å². The minimum atomic E-state index is -0.650. The fourth-order valence-corrected chi connectivity index (χ4v) is 5.41. The highest BCUT2D eigenvalue weighted by Gasteiger charge is 2.28. The Morgan fingerprint density at radius 3 is 2.36 bits per heavy atom. The van der Waals surface area contributed by atoms with Crippen molar-refractivity contribution in [1.82, 2.24) is 20.1 Å². The van der Waals surface area contributed by atoms with Crippen LogP contribution in [0, 0.1) is 11.6 Å². The zero-order valence-electron chi connectivity index (χ0n) is 22.9. The monoisotopic (exact) mass is 594 g/mol. The van der Waals surface area contributed by atoms with E-state index in [1.807, 2.05) is 0 Å². The van der Waals surface area contributed by atoms with Crippen LogP contribution in [0.5, 0.6) is 11.5 Å². The van der Waals surface area contributed by atoms with Crippen molar-refractivity contribution in [3.05, 3.63) is 78.0 Å². The quantitative estimate of drug-likeness (QED) is 0.320. The van der Waals surface area contributed by atoms with Gasteiger partial charge in [-0.15, -0.1) is 0 Å². The molecule has 0 atom stereocenters. The molecule has 3 amide bonds. The molecule has 2 saturated heterocycles. The third-order valence-electron chi connectivity index (χ3n) is 7.33. The Morgan fingerprint density at radius 1 is 0.929 bits per heavy atom. The number of thiocarbonyl (C=S) groups is 1. The number of halogens is 2. The molecule has 220 valence electrons. The molecule has 2 aromatic carbocycles. The molecule has 0 saturated carbocycles. The Hall–Kier alpha value is -4.16. The van der Waals surface area contributed by atoms with Gasteiger partial charge in [-0.2, -0.15) is 0 Å². The first-order chi connectivity index (χ1) is 20.3. The average Bonchev–Trinajstić information content (AvgIpc) is 3.51. The maximum atomic E-state index is 14.8. The number of benzene rings is 2. The normalized spacial score (nSPS) is 15.7. The topological polar surface area (TPSA) is 98.8 Å². The van der Waals surface area contributed by atoms with Crippen LogP contribution in [0.2, 0.25) is 0 Å². The highest BCUT2D eigenvalue weighted by molar-refractivity contribution is 7.80. The van der Waals surface area contributed by atoms with Crippen LogP contribution >= 0.6 is 12.2 Å². The second-order valence-electron chi connectivity index (χ2n) is 10.3. The van der Waals surface area contributed by atoms with E-state index in [1.54, 1.807) is 17.0 Å². The van der Waals surface area contributed by atoms with Gasteiger partial charge in [-0.25, -0.2) is 18.6 Å². The van der Waals surface area contributed by atoms with E-state index in [9.17, 15) is 18.4 Å². The molecule has 2 aliphatic heterocycles. The number of likely N-dealkylation sites (tertiary alicyclic amines) is 2. The standard InChI is InChI=1S/C30H32F2N6O3S/c31-21-5-3-20(4-6-21)17-28(39)36-29(42)34-26-8-7-23(18-25(26)32)41-24-9-12-33-27(19-24)35-30(40)38-15-10-22(11-16-38)37-13-1-2-14-37/h3-9,12,18-19,22H,1-2,10-11,13-17H2,(H,33,35,40)(H2,34,36,39,42). The summed E-state index contributed by atoms with van der Waals surface area (Å²) >= 11 is 5.13. The number of carbonyl (C=O) groups is 2. The molecule has 12 heteroatoms. The Bertz CT molecular complexity index is 1430. The Kier molecular flexibility index (Phi) is 9.55. The number of anilines is 2. The molecule has 0 spiro atoms. The van der Waals surface area contributed by atoms with Crippen LogP contribution in [-0.2, 0) is 11.2 Å². The number of nitrogens with one attached hydrogen (secondary N) is 3. The van der Waals surface area contributed by atoms with Gasteiger partial charge in [0, 0.05) is 37.5 Å².